The molecule has 4 aromatic rings. The van der Waals surface area contributed by atoms with Crippen molar-refractivity contribution in [2.45, 2.75) is 72.8 Å². The molecule has 0 spiro atoms. The van der Waals surface area contributed by atoms with E-state index in [1.54, 1.807) is 21.3 Å². The van der Waals surface area contributed by atoms with Gasteiger partial charge in [-0.15, -0.1) is 0 Å². The molecule has 4 atom stereocenters. The van der Waals surface area contributed by atoms with Gasteiger partial charge in [0.15, 0.2) is 18.0 Å². The molecule has 0 saturated carbocycles. The Kier molecular flexibility index (Phi) is 18.2. The van der Waals surface area contributed by atoms with Crippen LogP contribution in [0.1, 0.15) is 54.9 Å². The van der Waals surface area contributed by atoms with Gasteiger partial charge in [-0.2, -0.15) is 0 Å². The van der Waals surface area contributed by atoms with Crippen LogP contribution in [0.25, 0.3) is 0 Å². The van der Waals surface area contributed by atoms with Crippen molar-refractivity contribution >= 4 is 43.0 Å². The number of rotatable bonds is 9. The molecule has 6 rings (SSSR count). The van der Waals surface area contributed by atoms with Crippen LogP contribution >= 0.6 is 15.8 Å². The molecule has 0 aliphatic carbocycles. The lowest BCUT2D eigenvalue weighted by Gasteiger charge is -2.44. The maximum absolute atomic E-state index is 6.26. The summed E-state index contributed by atoms with van der Waals surface area (Å²) in [6, 6.07) is 43.6. The predicted octanol–water partition coefficient (Wildman–Crippen LogP) is 9.47. The second-order valence-corrected chi connectivity index (χ2v) is 15.7. The third-order valence-corrected chi connectivity index (χ3v) is 13.8. The molecule has 0 saturated heterocycles. The van der Waals surface area contributed by atoms with E-state index in [4.69, 9.17) is 19.2 Å². The summed E-state index contributed by atoms with van der Waals surface area (Å²) < 4.78 is 18.1. The van der Waals surface area contributed by atoms with Gasteiger partial charge in [0.25, 0.3) is 0 Å². The van der Waals surface area contributed by atoms with Crippen LogP contribution in [0, 0.1) is 5.92 Å². The van der Waals surface area contributed by atoms with Crippen LogP contribution in [0.15, 0.2) is 149 Å². The van der Waals surface area contributed by atoms with Crippen LogP contribution in [0.4, 0.5) is 0 Å². The van der Waals surface area contributed by atoms with Crippen LogP contribution in [0.2, 0.25) is 0 Å². The van der Waals surface area contributed by atoms with Crippen molar-refractivity contribution in [3.8, 4) is 0 Å². The van der Waals surface area contributed by atoms with Gasteiger partial charge in [0, 0.05) is 31.3 Å². The summed E-state index contributed by atoms with van der Waals surface area (Å²) in [6.45, 7) is 14.2. The second-order valence-electron chi connectivity index (χ2n) is 11.1. The fourth-order valence-electron chi connectivity index (χ4n) is 6.50. The molecular formula is C44H58N2O3P2. The van der Waals surface area contributed by atoms with Gasteiger partial charge in [0.2, 0.25) is 0 Å². The fraction of sp³-hybridized carbons (Fsp3) is 0.341. The van der Waals surface area contributed by atoms with E-state index in [1.165, 1.54) is 32.1 Å². The molecular weight excluding hydrogens is 666 g/mol. The number of nitrogens with zero attached hydrogens (tertiary/aromatic N) is 1. The first-order valence-electron chi connectivity index (χ1n) is 18.3. The Hall–Kier alpha value is -3.75. The molecule has 0 aromatic heterocycles. The highest BCUT2D eigenvalue weighted by atomic mass is 31.1. The van der Waals surface area contributed by atoms with Crippen molar-refractivity contribution in [1.82, 2.24) is 5.32 Å². The Bertz CT molecular complexity index is 1570. The molecule has 1 N–H and O–H groups in total. The van der Waals surface area contributed by atoms with E-state index in [2.05, 4.69) is 140 Å². The zero-order valence-corrected chi connectivity index (χ0v) is 34.0. The average Bonchev–Trinajstić information content (AvgIpc) is 3.22. The van der Waals surface area contributed by atoms with Crippen molar-refractivity contribution in [2.24, 2.45) is 10.9 Å². The van der Waals surface area contributed by atoms with Gasteiger partial charge in [-0.1, -0.05) is 163 Å². The molecule has 4 aromatic carbocycles. The highest BCUT2D eigenvalue weighted by molar-refractivity contribution is 7.77. The number of hydrogen-bond acceptors (Lipinski definition) is 5. The van der Waals surface area contributed by atoms with Crippen molar-refractivity contribution in [3.05, 3.63) is 144 Å². The van der Waals surface area contributed by atoms with E-state index in [0.717, 1.165) is 18.2 Å². The zero-order chi connectivity index (χ0) is 37.2. The molecule has 5 nitrogen and oxygen atoms in total. The quantitative estimate of drug-likeness (QED) is 0.175. The third-order valence-electron chi connectivity index (χ3n) is 8.46. The van der Waals surface area contributed by atoms with Gasteiger partial charge in [0.1, 0.15) is 0 Å². The summed E-state index contributed by atoms with van der Waals surface area (Å²) in [7, 11) is 3.48. The second kappa shape index (κ2) is 22.2. The van der Waals surface area contributed by atoms with Crippen LogP contribution in [-0.4, -0.2) is 45.2 Å². The zero-order valence-electron chi connectivity index (χ0n) is 32.2. The third kappa shape index (κ3) is 10.2. The molecule has 2 aliphatic heterocycles. The van der Waals surface area contributed by atoms with Crippen molar-refractivity contribution < 1.29 is 14.2 Å². The van der Waals surface area contributed by atoms with E-state index >= 15 is 0 Å². The number of dihydropyridines is 1. The number of methoxy groups -OCH3 is 3. The number of hydrogen-bond donors (Lipinski definition) is 1. The van der Waals surface area contributed by atoms with Crippen molar-refractivity contribution in [1.29, 1.82) is 0 Å². The van der Waals surface area contributed by atoms with Gasteiger partial charge in [-0.05, 0) is 54.9 Å². The minimum atomic E-state index is -0.929. The summed E-state index contributed by atoms with van der Waals surface area (Å²) in [5, 5.41) is 10.2. The van der Waals surface area contributed by atoms with Crippen molar-refractivity contribution in [2.75, 3.05) is 21.3 Å². The molecule has 0 bridgehead atoms. The van der Waals surface area contributed by atoms with Gasteiger partial charge < -0.3 is 19.5 Å². The summed E-state index contributed by atoms with van der Waals surface area (Å²) in [4.78, 5) is 5.08. The molecule has 0 radical (unpaired) electrons. The molecule has 0 fully saturated rings. The molecule has 51 heavy (non-hydrogen) atoms. The first-order chi connectivity index (χ1) is 25.1. The van der Waals surface area contributed by atoms with Gasteiger partial charge >= 0.3 is 0 Å². The van der Waals surface area contributed by atoms with Gasteiger partial charge in [-0.25, -0.2) is 4.99 Å². The van der Waals surface area contributed by atoms with E-state index in [-0.39, 0.29) is 23.8 Å². The summed E-state index contributed by atoms with van der Waals surface area (Å²) in [5.74, 6) is 1.41. The Morgan fingerprint density at radius 2 is 1.04 bits per heavy atom. The normalized spacial score (nSPS) is 19.5. The van der Waals surface area contributed by atoms with Crippen LogP contribution in [0.3, 0.4) is 0 Å². The van der Waals surface area contributed by atoms with Crippen LogP contribution in [-0.2, 0) is 14.2 Å². The largest absolute Gasteiger partial charge is 0.484 e. The van der Waals surface area contributed by atoms with Gasteiger partial charge in [-0.3, -0.25) is 0 Å². The summed E-state index contributed by atoms with van der Waals surface area (Å²) >= 11 is 0. The standard InChI is InChI=1S/C38H40N2O3P2.3C2H6/c1-27-36(32(25-34(39-27)41-2)44(28-17-9-5-10-18-28)29-19-11-6-12-20-29)37-33(26-35(42-3)40-38(37)43-4)45(30-21-13-7-14-22-30)31-23-15-8-16-24-31;3*1-2/h5-25,27,33,35,37,39H,26H2,1-4H3;3*1-2H3/t27-,33-,35-,37-;;;/m0.../s1. The number of aliphatic imine (C=N–C) groups is 1. The number of benzene rings is 4. The number of ether oxygens (including phenoxy) is 3. The minimum absolute atomic E-state index is 0.0206. The lowest BCUT2D eigenvalue weighted by atomic mass is 9.85. The Balaban J connectivity index is 0.00000111. The first-order valence-corrected chi connectivity index (χ1v) is 21.1. The maximum Gasteiger partial charge on any atom is 0.193 e. The SMILES string of the molecule is CC.CC.CC.COC1=CC(P(c2ccccc2)c2ccccc2)=C([C@H]2C(OC)=N[C@@H](OC)C[C@@H]2P(c2ccccc2)c2ccccc2)[C@H](C)N1. The smallest absolute Gasteiger partial charge is 0.193 e. The molecule has 2 aliphatic rings. The topological polar surface area (TPSA) is 52.1 Å². The monoisotopic (exact) mass is 724 g/mol. The lowest BCUT2D eigenvalue weighted by molar-refractivity contribution is 0.0897. The van der Waals surface area contributed by atoms with E-state index in [1.807, 2.05) is 41.5 Å². The molecule has 0 unspecified atom stereocenters. The summed E-state index contributed by atoms with van der Waals surface area (Å²) in [5.41, 5.74) is 1.46. The van der Waals surface area contributed by atoms with Gasteiger partial charge in [0.05, 0.1) is 20.1 Å². The highest BCUT2D eigenvalue weighted by Gasteiger charge is 2.46. The van der Waals surface area contributed by atoms with E-state index < -0.39 is 15.8 Å². The Morgan fingerprint density at radius 1 is 0.608 bits per heavy atom. The van der Waals surface area contributed by atoms with E-state index in [9.17, 15) is 0 Å². The lowest BCUT2D eigenvalue weighted by Crippen LogP contribution is -2.46. The Labute approximate surface area is 310 Å². The van der Waals surface area contributed by atoms with Crippen molar-refractivity contribution in [3.63, 3.8) is 0 Å². The number of nitrogens with one attached hydrogen (secondary N) is 1. The molecule has 272 valence electrons. The van der Waals surface area contributed by atoms with Crippen LogP contribution in [0.5, 0.6) is 0 Å². The first kappa shape index (κ1) is 41.7. The predicted molar refractivity (Wildman–Crippen MR) is 224 cm³/mol. The summed E-state index contributed by atoms with van der Waals surface area (Å²) in [6.07, 6.45) is 2.72. The average molecular weight is 725 g/mol. The minimum Gasteiger partial charge on any atom is -0.484 e. The molecule has 7 heteroatoms. The van der Waals surface area contributed by atoms with E-state index in [0.29, 0.717) is 0 Å². The molecule has 0 amide bonds. The molecule has 2 heterocycles. The fourth-order valence-corrected chi connectivity index (χ4v) is 12.2. The van der Waals surface area contributed by atoms with Crippen LogP contribution < -0.4 is 26.5 Å². The Morgan fingerprint density at radius 3 is 1.43 bits per heavy atom. The maximum atomic E-state index is 6.26. The number of allylic oxidation sites excluding steroid dienone is 2. The highest BCUT2D eigenvalue weighted by Crippen LogP contribution is 2.55.